The predicted octanol–water partition coefficient (Wildman–Crippen LogP) is 3.10. The SMILES string of the molecule is COc1cccc(-c2ccc(CN)cc2F)c1F. The van der Waals surface area contributed by atoms with Crippen molar-refractivity contribution < 1.29 is 13.5 Å². The third kappa shape index (κ3) is 2.19. The smallest absolute Gasteiger partial charge is 0.172 e. The lowest BCUT2D eigenvalue weighted by Gasteiger charge is -2.09. The molecule has 0 aromatic heterocycles. The van der Waals surface area contributed by atoms with Gasteiger partial charge in [0.2, 0.25) is 0 Å². The van der Waals surface area contributed by atoms with Crippen LogP contribution in [-0.2, 0) is 6.54 Å². The van der Waals surface area contributed by atoms with Crippen LogP contribution in [0.25, 0.3) is 11.1 Å². The molecule has 0 aliphatic heterocycles. The van der Waals surface area contributed by atoms with Gasteiger partial charge in [-0.05, 0) is 17.7 Å². The standard InChI is InChI=1S/C14H13F2NO/c1-18-13-4-2-3-11(14(13)16)10-6-5-9(8-17)7-12(10)15/h2-7H,8,17H2,1H3. The second kappa shape index (κ2) is 5.14. The summed E-state index contributed by atoms with van der Waals surface area (Å²) in [5.41, 5.74) is 6.46. The number of ether oxygens (including phenoxy) is 1. The first-order chi connectivity index (χ1) is 8.67. The molecule has 0 aliphatic rings. The van der Waals surface area contributed by atoms with Crippen LogP contribution in [0.1, 0.15) is 5.56 Å². The highest BCUT2D eigenvalue weighted by atomic mass is 19.1. The molecule has 0 heterocycles. The predicted molar refractivity (Wildman–Crippen MR) is 66.2 cm³/mol. The van der Waals surface area contributed by atoms with Crippen LogP contribution in [0, 0.1) is 11.6 Å². The fraction of sp³-hybridized carbons (Fsp3) is 0.143. The Labute approximate surface area is 104 Å². The van der Waals surface area contributed by atoms with Gasteiger partial charge >= 0.3 is 0 Å². The van der Waals surface area contributed by atoms with Gasteiger partial charge < -0.3 is 10.5 Å². The molecule has 0 saturated heterocycles. The van der Waals surface area contributed by atoms with Crippen molar-refractivity contribution >= 4 is 0 Å². The number of hydrogen-bond acceptors (Lipinski definition) is 2. The molecule has 2 N–H and O–H groups in total. The second-order valence-electron chi connectivity index (χ2n) is 3.84. The van der Waals surface area contributed by atoms with Gasteiger partial charge in [-0.25, -0.2) is 8.78 Å². The monoisotopic (exact) mass is 249 g/mol. The molecule has 0 unspecified atom stereocenters. The maximum Gasteiger partial charge on any atom is 0.172 e. The minimum atomic E-state index is -0.570. The van der Waals surface area contributed by atoms with Crippen molar-refractivity contribution in [2.24, 2.45) is 5.73 Å². The van der Waals surface area contributed by atoms with Crippen LogP contribution in [0.4, 0.5) is 8.78 Å². The molecule has 2 nitrogen and oxygen atoms in total. The molecule has 0 bridgehead atoms. The summed E-state index contributed by atoms with van der Waals surface area (Å²) in [4.78, 5) is 0. The number of benzene rings is 2. The van der Waals surface area contributed by atoms with Crippen molar-refractivity contribution in [1.82, 2.24) is 0 Å². The van der Waals surface area contributed by atoms with Crippen molar-refractivity contribution in [2.75, 3.05) is 7.11 Å². The average molecular weight is 249 g/mol. The van der Waals surface area contributed by atoms with Crippen LogP contribution >= 0.6 is 0 Å². The molecule has 0 aliphatic carbocycles. The zero-order valence-corrected chi connectivity index (χ0v) is 9.91. The Kier molecular flexibility index (Phi) is 3.58. The van der Waals surface area contributed by atoms with E-state index >= 15 is 0 Å². The van der Waals surface area contributed by atoms with Crippen LogP contribution in [0.3, 0.4) is 0 Å². The molecule has 0 atom stereocenters. The van der Waals surface area contributed by atoms with Crippen LogP contribution in [0.2, 0.25) is 0 Å². The Morgan fingerprint density at radius 2 is 1.89 bits per heavy atom. The second-order valence-corrected chi connectivity index (χ2v) is 3.84. The highest BCUT2D eigenvalue weighted by molar-refractivity contribution is 5.67. The zero-order valence-electron chi connectivity index (χ0n) is 9.91. The van der Waals surface area contributed by atoms with Crippen molar-refractivity contribution in [3.8, 4) is 16.9 Å². The van der Waals surface area contributed by atoms with Crippen LogP contribution < -0.4 is 10.5 Å². The largest absolute Gasteiger partial charge is 0.494 e. The summed E-state index contributed by atoms with van der Waals surface area (Å²) in [5, 5.41) is 0. The first kappa shape index (κ1) is 12.5. The maximum atomic E-state index is 14.0. The van der Waals surface area contributed by atoms with Crippen molar-refractivity contribution in [2.45, 2.75) is 6.54 Å². The van der Waals surface area contributed by atoms with Gasteiger partial charge in [0.1, 0.15) is 5.82 Å². The summed E-state index contributed by atoms with van der Waals surface area (Å²) in [6.45, 7) is 0.248. The van der Waals surface area contributed by atoms with Gasteiger partial charge in [0.05, 0.1) is 7.11 Å². The molecule has 0 spiro atoms. The molecule has 2 aromatic rings. The molecule has 94 valence electrons. The van der Waals surface area contributed by atoms with Gasteiger partial charge in [-0.1, -0.05) is 24.3 Å². The number of hydrogen-bond donors (Lipinski definition) is 1. The van der Waals surface area contributed by atoms with E-state index in [0.717, 1.165) is 0 Å². The van der Waals surface area contributed by atoms with E-state index in [-0.39, 0.29) is 23.4 Å². The van der Waals surface area contributed by atoms with Crippen molar-refractivity contribution in [3.63, 3.8) is 0 Å². The molecular weight excluding hydrogens is 236 g/mol. The van der Waals surface area contributed by atoms with Gasteiger partial charge in [0.25, 0.3) is 0 Å². The number of methoxy groups -OCH3 is 1. The third-order valence-corrected chi connectivity index (χ3v) is 2.74. The molecular formula is C14H13F2NO. The van der Waals surface area contributed by atoms with E-state index in [1.165, 1.54) is 31.4 Å². The van der Waals surface area contributed by atoms with Crippen molar-refractivity contribution in [3.05, 3.63) is 53.6 Å². The molecule has 18 heavy (non-hydrogen) atoms. The van der Waals surface area contributed by atoms with E-state index < -0.39 is 11.6 Å². The Morgan fingerprint density at radius 3 is 2.50 bits per heavy atom. The fourth-order valence-electron chi connectivity index (χ4n) is 1.78. The molecule has 0 saturated carbocycles. The average Bonchev–Trinajstić information content (AvgIpc) is 2.39. The molecule has 0 radical (unpaired) electrons. The lowest BCUT2D eigenvalue weighted by atomic mass is 10.0. The van der Waals surface area contributed by atoms with Crippen molar-refractivity contribution in [1.29, 1.82) is 0 Å². The van der Waals surface area contributed by atoms with Gasteiger partial charge in [0, 0.05) is 17.7 Å². The van der Waals surface area contributed by atoms with Gasteiger partial charge in [0.15, 0.2) is 11.6 Å². The quantitative estimate of drug-likeness (QED) is 0.907. The molecule has 0 amide bonds. The lowest BCUT2D eigenvalue weighted by molar-refractivity contribution is 0.387. The number of halogens is 2. The van der Waals surface area contributed by atoms with Crippen LogP contribution in [0.5, 0.6) is 5.75 Å². The third-order valence-electron chi connectivity index (χ3n) is 2.74. The summed E-state index contributed by atoms with van der Waals surface area (Å²) in [5.74, 6) is -0.973. The Bertz CT molecular complexity index is 570. The minimum Gasteiger partial charge on any atom is -0.494 e. The maximum absolute atomic E-state index is 14.0. The number of rotatable bonds is 3. The van der Waals surface area contributed by atoms with E-state index in [0.29, 0.717) is 5.56 Å². The van der Waals surface area contributed by atoms with Gasteiger partial charge in [-0.2, -0.15) is 0 Å². The fourth-order valence-corrected chi connectivity index (χ4v) is 1.78. The highest BCUT2D eigenvalue weighted by Crippen LogP contribution is 2.30. The number of nitrogens with two attached hydrogens (primary N) is 1. The molecule has 0 fully saturated rings. The minimum absolute atomic E-state index is 0.0924. The summed E-state index contributed by atoms with van der Waals surface area (Å²) < 4.78 is 32.8. The first-order valence-electron chi connectivity index (χ1n) is 5.48. The topological polar surface area (TPSA) is 35.2 Å². The zero-order chi connectivity index (χ0) is 13.1. The highest BCUT2D eigenvalue weighted by Gasteiger charge is 2.13. The Hall–Kier alpha value is -1.94. The van der Waals surface area contributed by atoms with E-state index in [9.17, 15) is 8.78 Å². The van der Waals surface area contributed by atoms with E-state index in [1.807, 2.05) is 0 Å². The lowest BCUT2D eigenvalue weighted by Crippen LogP contribution is -1.98. The van der Waals surface area contributed by atoms with E-state index in [4.69, 9.17) is 10.5 Å². The van der Waals surface area contributed by atoms with E-state index in [2.05, 4.69) is 0 Å². The van der Waals surface area contributed by atoms with Gasteiger partial charge in [-0.15, -0.1) is 0 Å². The summed E-state index contributed by atoms with van der Waals surface area (Å²) in [7, 11) is 1.37. The Morgan fingerprint density at radius 1 is 1.11 bits per heavy atom. The summed E-state index contributed by atoms with van der Waals surface area (Å²) >= 11 is 0. The normalized spacial score (nSPS) is 10.4. The van der Waals surface area contributed by atoms with Crippen LogP contribution in [-0.4, -0.2) is 7.11 Å². The summed E-state index contributed by atoms with van der Waals surface area (Å²) in [6.07, 6.45) is 0. The molecule has 2 aromatic carbocycles. The first-order valence-corrected chi connectivity index (χ1v) is 5.48. The molecule has 2 rings (SSSR count). The Balaban J connectivity index is 2.55. The van der Waals surface area contributed by atoms with Gasteiger partial charge in [-0.3, -0.25) is 0 Å². The summed E-state index contributed by atoms with van der Waals surface area (Å²) in [6, 6.07) is 9.14. The van der Waals surface area contributed by atoms with Crippen LogP contribution in [0.15, 0.2) is 36.4 Å². The molecule has 4 heteroatoms. The van der Waals surface area contributed by atoms with E-state index in [1.54, 1.807) is 12.1 Å².